The fourth-order valence-corrected chi connectivity index (χ4v) is 7.63. The first-order chi connectivity index (χ1) is 11.5. The Morgan fingerprint density at radius 1 is 1.36 bits per heavy atom. The lowest BCUT2D eigenvalue weighted by atomic mass is 9.61. The van der Waals surface area contributed by atoms with Gasteiger partial charge in [0.1, 0.15) is 5.60 Å². The summed E-state index contributed by atoms with van der Waals surface area (Å²) in [7, 11) is -1.56. The molecule has 0 aromatic heterocycles. The molecule has 4 atom stereocenters. The highest BCUT2D eigenvalue weighted by molar-refractivity contribution is 9.11. The second-order valence-corrected chi connectivity index (χ2v) is 14.9. The van der Waals surface area contributed by atoms with Crippen LogP contribution in [0, 0.1) is 35.0 Å². The van der Waals surface area contributed by atoms with Gasteiger partial charge in [-0.1, -0.05) is 41.3 Å². The van der Waals surface area contributed by atoms with E-state index in [1.165, 1.54) is 32.1 Å². The number of fused-ring (bicyclic) bond motifs is 1. The summed E-state index contributed by atoms with van der Waals surface area (Å²) in [5, 5.41) is 0. The van der Waals surface area contributed by atoms with Crippen LogP contribution in [0.3, 0.4) is 0 Å². The van der Waals surface area contributed by atoms with E-state index in [4.69, 9.17) is 4.43 Å². The molecule has 1 nitrogen and oxygen atoms in total. The summed E-state index contributed by atoms with van der Waals surface area (Å²) >= 11 is 3.62. The molecule has 2 aliphatic rings. The number of hydrogen-bond donors (Lipinski definition) is 0. The summed E-state index contributed by atoms with van der Waals surface area (Å²) < 4.78 is 6.22. The maximum Gasteiger partial charge on any atom is 0.185 e. The molecule has 0 unspecified atom stereocenters. The Hall–Kier alpha value is -0.0431. The molecule has 0 spiro atoms. The maximum atomic E-state index is 6.22. The Balaban J connectivity index is 2.03. The highest BCUT2D eigenvalue weighted by Gasteiger charge is 2.50. The summed E-state index contributed by atoms with van der Waals surface area (Å²) in [5.74, 6) is 9.16. The Bertz CT molecular complexity index is 563. The molecule has 0 heterocycles. The van der Waals surface area contributed by atoms with Gasteiger partial charge in [-0.05, 0) is 93.7 Å². The fraction of sp³-hybridized carbons (Fsp3) is 0.818. The lowest BCUT2D eigenvalue weighted by Crippen LogP contribution is -2.37. The zero-order chi connectivity index (χ0) is 18.9. The van der Waals surface area contributed by atoms with E-state index in [0.29, 0.717) is 11.3 Å². The van der Waals surface area contributed by atoms with Crippen LogP contribution >= 0.6 is 15.9 Å². The average molecular weight is 426 g/mol. The molecule has 0 aromatic rings. The van der Waals surface area contributed by atoms with Crippen molar-refractivity contribution in [2.45, 2.75) is 91.5 Å². The predicted molar refractivity (Wildman–Crippen MR) is 115 cm³/mol. The van der Waals surface area contributed by atoms with Crippen LogP contribution in [0.2, 0.25) is 19.6 Å². The molecular weight excluding hydrogens is 388 g/mol. The van der Waals surface area contributed by atoms with Crippen LogP contribution < -0.4 is 0 Å². The van der Waals surface area contributed by atoms with Crippen molar-refractivity contribution >= 4 is 24.2 Å². The molecule has 25 heavy (non-hydrogen) atoms. The zero-order valence-electron chi connectivity index (χ0n) is 17.3. The van der Waals surface area contributed by atoms with Crippen LogP contribution in [0.5, 0.6) is 0 Å². The second kappa shape index (κ2) is 7.91. The molecule has 0 amide bonds. The number of allylic oxidation sites excluding steroid dienone is 1. The van der Waals surface area contributed by atoms with Gasteiger partial charge in [0.15, 0.2) is 8.32 Å². The van der Waals surface area contributed by atoms with Crippen molar-refractivity contribution in [2.75, 3.05) is 0 Å². The molecule has 2 rings (SSSR count). The molecule has 142 valence electrons. The maximum absolute atomic E-state index is 6.22. The summed E-state index contributed by atoms with van der Waals surface area (Å²) in [6.45, 7) is 15.9. The quantitative estimate of drug-likeness (QED) is 0.343. The normalized spacial score (nSPS) is 32.9. The van der Waals surface area contributed by atoms with Crippen molar-refractivity contribution < 1.29 is 4.43 Å². The van der Waals surface area contributed by atoms with Gasteiger partial charge in [0, 0.05) is 6.42 Å². The van der Waals surface area contributed by atoms with E-state index in [1.807, 2.05) is 0 Å². The SMILES string of the molecule is C[C@H](CC#CC(C)(C)O[Si](C)(C)C)[C@H]1CC[C@H]2C(=CBr)CCC[C@]12C. The third-order valence-electron chi connectivity index (χ3n) is 6.24. The van der Waals surface area contributed by atoms with Crippen LogP contribution in [0.4, 0.5) is 0 Å². The van der Waals surface area contributed by atoms with Gasteiger partial charge >= 0.3 is 0 Å². The average Bonchev–Trinajstić information content (AvgIpc) is 2.81. The highest BCUT2D eigenvalue weighted by atomic mass is 79.9. The molecular formula is C22H37BrOSi. The van der Waals surface area contributed by atoms with Crippen molar-refractivity contribution in [3.63, 3.8) is 0 Å². The van der Waals surface area contributed by atoms with E-state index in [0.717, 1.165) is 18.3 Å². The highest BCUT2D eigenvalue weighted by Crippen LogP contribution is 2.59. The Kier molecular flexibility index (Phi) is 6.72. The van der Waals surface area contributed by atoms with E-state index >= 15 is 0 Å². The largest absolute Gasteiger partial charge is 0.402 e. The topological polar surface area (TPSA) is 9.23 Å². The zero-order valence-corrected chi connectivity index (χ0v) is 19.9. The minimum atomic E-state index is -1.56. The third-order valence-corrected chi connectivity index (χ3v) is 7.95. The van der Waals surface area contributed by atoms with Crippen molar-refractivity contribution in [3.8, 4) is 11.8 Å². The number of halogens is 1. The molecule has 0 bridgehead atoms. The molecule has 0 aliphatic heterocycles. The van der Waals surface area contributed by atoms with Crippen molar-refractivity contribution in [3.05, 3.63) is 10.6 Å². The first-order valence-corrected chi connectivity index (χ1v) is 14.3. The van der Waals surface area contributed by atoms with Gasteiger partial charge in [0.25, 0.3) is 0 Å². The van der Waals surface area contributed by atoms with Gasteiger partial charge < -0.3 is 4.43 Å². The van der Waals surface area contributed by atoms with E-state index in [9.17, 15) is 0 Å². The van der Waals surface area contributed by atoms with Gasteiger partial charge in [0.2, 0.25) is 0 Å². The predicted octanol–water partition coefficient (Wildman–Crippen LogP) is 7.14. The van der Waals surface area contributed by atoms with E-state index < -0.39 is 8.32 Å². The Labute approximate surface area is 165 Å². The second-order valence-electron chi connectivity index (χ2n) is 9.99. The van der Waals surface area contributed by atoms with E-state index in [2.05, 4.69) is 80.1 Å². The smallest absolute Gasteiger partial charge is 0.185 e. The first kappa shape index (κ1) is 21.3. The lowest BCUT2D eigenvalue weighted by Gasteiger charge is -2.44. The van der Waals surface area contributed by atoms with Crippen LogP contribution in [0.1, 0.15) is 66.2 Å². The minimum absolute atomic E-state index is 0.316. The van der Waals surface area contributed by atoms with Crippen LogP contribution in [-0.4, -0.2) is 13.9 Å². The first-order valence-electron chi connectivity index (χ1n) is 9.98. The van der Waals surface area contributed by atoms with Gasteiger partial charge in [-0.25, -0.2) is 0 Å². The van der Waals surface area contributed by atoms with Gasteiger partial charge in [-0.15, -0.1) is 5.92 Å². The van der Waals surface area contributed by atoms with Crippen molar-refractivity contribution in [1.29, 1.82) is 0 Å². The molecule has 0 aromatic carbocycles. The summed E-state index contributed by atoms with van der Waals surface area (Å²) in [6, 6.07) is 0. The summed E-state index contributed by atoms with van der Waals surface area (Å²) in [5.41, 5.74) is 1.81. The van der Waals surface area contributed by atoms with Crippen molar-refractivity contribution in [1.82, 2.24) is 0 Å². The third kappa shape index (κ3) is 5.24. The van der Waals surface area contributed by atoms with Crippen LogP contribution in [-0.2, 0) is 4.43 Å². The molecule has 3 heteroatoms. The molecule has 0 saturated heterocycles. The van der Waals surface area contributed by atoms with Gasteiger partial charge in [0.05, 0.1) is 0 Å². The molecule has 2 aliphatic carbocycles. The molecule has 0 N–H and O–H groups in total. The van der Waals surface area contributed by atoms with Crippen LogP contribution in [0.25, 0.3) is 0 Å². The van der Waals surface area contributed by atoms with Crippen LogP contribution in [0.15, 0.2) is 10.6 Å². The summed E-state index contributed by atoms with van der Waals surface area (Å²) in [4.78, 5) is 2.22. The Morgan fingerprint density at radius 2 is 2.04 bits per heavy atom. The van der Waals surface area contributed by atoms with E-state index in [1.54, 1.807) is 5.57 Å². The lowest BCUT2D eigenvalue weighted by molar-refractivity contribution is 0.0993. The minimum Gasteiger partial charge on any atom is -0.402 e. The molecule has 2 fully saturated rings. The Morgan fingerprint density at radius 3 is 2.64 bits per heavy atom. The fourth-order valence-electron chi connectivity index (χ4n) is 5.50. The van der Waals surface area contributed by atoms with Gasteiger partial charge in [-0.2, -0.15) is 0 Å². The van der Waals surface area contributed by atoms with Crippen molar-refractivity contribution in [2.24, 2.45) is 23.2 Å². The summed E-state index contributed by atoms with van der Waals surface area (Å²) in [6.07, 6.45) is 7.74. The van der Waals surface area contributed by atoms with Gasteiger partial charge in [-0.3, -0.25) is 0 Å². The molecule has 2 saturated carbocycles. The van der Waals surface area contributed by atoms with E-state index in [-0.39, 0.29) is 5.60 Å². The number of rotatable bonds is 4. The standard InChI is InChI=1S/C22H37BrOSi/c1-17(10-8-14-21(2,3)24-25(5,6)7)19-12-13-20-18(16-23)11-9-15-22(19,20)4/h16-17,19-20H,9-13,15H2,1-7H3/t17-,19-,20+,22-/m1/s1. The monoisotopic (exact) mass is 424 g/mol. The molecule has 0 radical (unpaired) electrons. The number of hydrogen-bond acceptors (Lipinski definition) is 1.